The van der Waals surface area contributed by atoms with Gasteiger partial charge in [-0.05, 0) is 55.7 Å². The first-order chi connectivity index (χ1) is 16.0. The van der Waals surface area contributed by atoms with Crippen LogP contribution in [0, 0.1) is 0 Å². The number of hydrogen-bond donors (Lipinski definition) is 1. The Hall–Kier alpha value is -2.99. The molecular weight excluding hydrogens is 442 g/mol. The van der Waals surface area contributed by atoms with Crippen LogP contribution in [0.15, 0.2) is 48.0 Å². The Morgan fingerprint density at radius 1 is 1.09 bits per heavy atom. The average molecular weight is 470 g/mol. The number of methoxy groups -OCH3 is 1. The summed E-state index contributed by atoms with van der Waals surface area (Å²) in [5.41, 5.74) is 1.00. The van der Waals surface area contributed by atoms with E-state index in [1.54, 1.807) is 42.3 Å². The number of hydrogen-bond acceptors (Lipinski definition) is 5. The molecule has 0 spiro atoms. The van der Waals surface area contributed by atoms with Crippen LogP contribution in [0.1, 0.15) is 56.2 Å². The molecule has 0 radical (unpaired) electrons. The topological polar surface area (TPSA) is 76.1 Å². The van der Waals surface area contributed by atoms with Crippen molar-refractivity contribution in [1.82, 2.24) is 4.90 Å². The van der Waals surface area contributed by atoms with E-state index in [0.29, 0.717) is 23.7 Å². The lowest BCUT2D eigenvalue weighted by molar-refractivity contribution is -0.141. The summed E-state index contributed by atoms with van der Waals surface area (Å²) < 4.78 is 10.9. The van der Waals surface area contributed by atoms with E-state index in [4.69, 9.17) is 21.1 Å². The van der Waals surface area contributed by atoms with Crippen LogP contribution < -0.4 is 9.47 Å². The monoisotopic (exact) mass is 469 g/mol. The number of Topliss-reactive ketones (excluding diaryl/α,β-unsaturated/α-hetero) is 1. The van der Waals surface area contributed by atoms with Crippen LogP contribution in [-0.2, 0) is 9.59 Å². The van der Waals surface area contributed by atoms with Crippen molar-refractivity contribution < 1.29 is 24.2 Å². The van der Waals surface area contributed by atoms with Gasteiger partial charge in [-0.25, -0.2) is 0 Å². The first-order valence-corrected chi connectivity index (χ1v) is 11.7. The molecule has 7 heteroatoms. The van der Waals surface area contributed by atoms with Gasteiger partial charge in [0.05, 0.1) is 30.4 Å². The van der Waals surface area contributed by atoms with Crippen molar-refractivity contribution in [3.8, 4) is 11.5 Å². The average Bonchev–Trinajstić information content (AvgIpc) is 3.11. The Morgan fingerprint density at radius 3 is 2.55 bits per heavy atom. The van der Waals surface area contributed by atoms with E-state index < -0.39 is 17.7 Å². The lowest BCUT2D eigenvalue weighted by Crippen LogP contribution is -2.40. The molecule has 1 N–H and O–H groups in total. The fourth-order valence-electron chi connectivity index (χ4n) is 4.81. The molecule has 1 unspecified atom stereocenters. The van der Waals surface area contributed by atoms with E-state index in [1.807, 2.05) is 19.1 Å². The summed E-state index contributed by atoms with van der Waals surface area (Å²) in [5.74, 6) is -0.468. The van der Waals surface area contributed by atoms with E-state index in [9.17, 15) is 14.7 Å². The van der Waals surface area contributed by atoms with Gasteiger partial charge in [-0.15, -0.1) is 0 Å². The number of amides is 1. The summed E-state index contributed by atoms with van der Waals surface area (Å²) >= 11 is 6.40. The zero-order chi connectivity index (χ0) is 23.5. The first-order valence-electron chi connectivity index (χ1n) is 11.3. The third-order valence-electron chi connectivity index (χ3n) is 6.36. The summed E-state index contributed by atoms with van der Waals surface area (Å²) in [6.45, 7) is 2.30. The number of benzene rings is 2. The number of rotatable bonds is 6. The molecule has 2 aromatic rings. The van der Waals surface area contributed by atoms with E-state index in [-0.39, 0.29) is 28.0 Å². The third-order valence-corrected chi connectivity index (χ3v) is 6.69. The molecule has 2 aliphatic rings. The van der Waals surface area contributed by atoms with E-state index in [2.05, 4.69) is 0 Å². The Kier molecular flexibility index (Phi) is 6.94. The third kappa shape index (κ3) is 4.44. The number of aliphatic hydroxyl groups excluding tert-OH is 1. The highest BCUT2D eigenvalue weighted by molar-refractivity contribution is 6.47. The predicted molar refractivity (Wildman–Crippen MR) is 127 cm³/mol. The molecule has 1 saturated heterocycles. The summed E-state index contributed by atoms with van der Waals surface area (Å²) in [6, 6.07) is 11.4. The van der Waals surface area contributed by atoms with Gasteiger partial charge in [0.25, 0.3) is 11.7 Å². The van der Waals surface area contributed by atoms with Gasteiger partial charge in [0, 0.05) is 11.6 Å². The quantitative estimate of drug-likeness (QED) is 0.343. The van der Waals surface area contributed by atoms with Crippen LogP contribution in [0.5, 0.6) is 11.5 Å². The fraction of sp³-hybridized carbons (Fsp3) is 0.385. The number of ether oxygens (including phenoxy) is 2. The molecule has 4 rings (SSSR count). The second kappa shape index (κ2) is 9.87. The first kappa shape index (κ1) is 23.2. The van der Waals surface area contributed by atoms with Gasteiger partial charge >= 0.3 is 0 Å². The SMILES string of the molecule is CCOc1ccc(Cl)c(/C(O)=C2\C(=O)C(=O)N(C3CCCCC3)C2c2cccc(OC)c2)c1. The molecule has 0 aromatic heterocycles. The van der Waals surface area contributed by atoms with E-state index >= 15 is 0 Å². The van der Waals surface area contributed by atoms with Gasteiger partial charge in [-0.1, -0.05) is 43.0 Å². The minimum atomic E-state index is -0.727. The van der Waals surface area contributed by atoms with Crippen LogP contribution in [0.2, 0.25) is 5.02 Å². The van der Waals surface area contributed by atoms with Crippen LogP contribution >= 0.6 is 11.6 Å². The van der Waals surface area contributed by atoms with Crippen LogP contribution in [0.25, 0.3) is 5.76 Å². The zero-order valence-corrected chi connectivity index (χ0v) is 19.6. The Balaban J connectivity index is 1.90. The molecule has 2 fully saturated rings. The number of carbonyl (C=O) groups is 2. The predicted octanol–water partition coefficient (Wildman–Crippen LogP) is 5.50. The number of ketones is 1. The van der Waals surface area contributed by atoms with E-state index in [1.165, 1.54) is 0 Å². The lowest BCUT2D eigenvalue weighted by Gasteiger charge is -2.35. The number of nitrogens with zero attached hydrogens (tertiary/aromatic N) is 1. The Labute approximate surface area is 198 Å². The van der Waals surface area contributed by atoms with Crippen molar-refractivity contribution in [2.24, 2.45) is 0 Å². The van der Waals surface area contributed by atoms with Gasteiger partial charge in [-0.3, -0.25) is 9.59 Å². The summed E-state index contributed by atoms with van der Waals surface area (Å²) in [6.07, 6.45) is 4.77. The highest BCUT2D eigenvalue weighted by atomic mass is 35.5. The van der Waals surface area contributed by atoms with Crippen molar-refractivity contribution in [2.45, 2.75) is 51.1 Å². The molecule has 2 aromatic carbocycles. The molecule has 1 amide bonds. The summed E-state index contributed by atoms with van der Waals surface area (Å²) in [5, 5.41) is 11.6. The highest BCUT2D eigenvalue weighted by Crippen LogP contribution is 2.44. The number of halogens is 1. The van der Waals surface area contributed by atoms with E-state index in [0.717, 1.165) is 32.1 Å². The number of carbonyl (C=O) groups excluding carboxylic acids is 2. The zero-order valence-electron chi connectivity index (χ0n) is 18.8. The molecule has 0 bridgehead atoms. The summed E-state index contributed by atoms with van der Waals surface area (Å²) in [7, 11) is 1.57. The minimum Gasteiger partial charge on any atom is -0.507 e. The second-order valence-electron chi connectivity index (χ2n) is 8.35. The standard InChI is InChI=1S/C26H28ClNO5/c1-3-33-19-12-13-21(27)20(15-19)24(29)22-23(16-8-7-11-18(14-16)32-2)28(26(31)25(22)30)17-9-5-4-6-10-17/h7-8,11-15,17,23,29H,3-6,9-10H2,1-2H3/b24-22+. The van der Waals surface area contributed by atoms with Gasteiger partial charge in [0.15, 0.2) is 0 Å². The second-order valence-corrected chi connectivity index (χ2v) is 8.76. The number of likely N-dealkylation sites (tertiary alicyclic amines) is 1. The van der Waals surface area contributed by atoms with Crippen LogP contribution in [-0.4, -0.2) is 41.5 Å². The highest BCUT2D eigenvalue weighted by Gasteiger charge is 2.49. The maximum Gasteiger partial charge on any atom is 0.295 e. The molecule has 1 aliphatic heterocycles. The number of aliphatic hydroxyl groups is 1. The summed E-state index contributed by atoms with van der Waals surface area (Å²) in [4.78, 5) is 28.3. The van der Waals surface area contributed by atoms with Crippen molar-refractivity contribution in [2.75, 3.05) is 13.7 Å². The molecule has 174 valence electrons. The fourth-order valence-corrected chi connectivity index (χ4v) is 5.02. The van der Waals surface area contributed by atoms with Crippen molar-refractivity contribution in [3.05, 3.63) is 64.2 Å². The smallest absolute Gasteiger partial charge is 0.295 e. The molecular formula is C26H28ClNO5. The van der Waals surface area contributed by atoms with Crippen molar-refractivity contribution in [1.29, 1.82) is 0 Å². The molecule has 1 aliphatic carbocycles. The normalized spacial score (nSPS) is 20.8. The Bertz CT molecular complexity index is 1090. The maximum atomic E-state index is 13.3. The molecule has 1 saturated carbocycles. The molecule has 33 heavy (non-hydrogen) atoms. The van der Waals surface area contributed by atoms with Crippen molar-refractivity contribution >= 4 is 29.1 Å². The minimum absolute atomic E-state index is 0.0365. The molecule has 6 nitrogen and oxygen atoms in total. The Morgan fingerprint density at radius 2 is 1.85 bits per heavy atom. The maximum absolute atomic E-state index is 13.3. The van der Waals surface area contributed by atoms with Gasteiger partial charge in [0.1, 0.15) is 17.3 Å². The van der Waals surface area contributed by atoms with Crippen LogP contribution in [0.3, 0.4) is 0 Å². The molecule has 1 atom stereocenters. The van der Waals surface area contributed by atoms with Gasteiger partial charge in [0.2, 0.25) is 0 Å². The largest absolute Gasteiger partial charge is 0.507 e. The van der Waals surface area contributed by atoms with Gasteiger partial charge < -0.3 is 19.5 Å². The lowest BCUT2D eigenvalue weighted by atomic mass is 9.91. The molecule has 1 heterocycles. The van der Waals surface area contributed by atoms with Crippen LogP contribution in [0.4, 0.5) is 0 Å². The van der Waals surface area contributed by atoms with Gasteiger partial charge in [-0.2, -0.15) is 0 Å². The van der Waals surface area contributed by atoms with Crippen molar-refractivity contribution in [3.63, 3.8) is 0 Å².